The Morgan fingerprint density at radius 2 is 1.97 bits per heavy atom. The van der Waals surface area contributed by atoms with Crippen LogP contribution in [0.2, 0.25) is 0 Å². The number of hydrogen-bond acceptors (Lipinski definition) is 7. The molecule has 9 nitrogen and oxygen atoms in total. The molecule has 0 unspecified atom stereocenters. The Balaban J connectivity index is 1.48. The summed E-state index contributed by atoms with van der Waals surface area (Å²) in [4.78, 5) is 14.9. The molecule has 0 N–H and O–H groups in total. The van der Waals surface area contributed by atoms with Gasteiger partial charge in [-0.25, -0.2) is 18.3 Å². The van der Waals surface area contributed by atoms with Crippen LogP contribution in [0.4, 0.5) is 25.0 Å². The lowest BCUT2D eigenvalue weighted by atomic mass is 10.2. The monoisotopic (exact) mass is 441 g/mol. The summed E-state index contributed by atoms with van der Waals surface area (Å²) in [6.07, 6.45) is 2.43. The highest BCUT2D eigenvalue weighted by molar-refractivity contribution is 7.59. The first-order valence-electron chi connectivity index (χ1n) is 9.67. The molecule has 0 bridgehead atoms. The molecule has 2 aliphatic heterocycles. The predicted molar refractivity (Wildman–Crippen MR) is 105 cm³/mol. The van der Waals surface area contributed by atoms with Gasteiger partial charge in [0, 0.05) is 43.7 Å². The molecule has 12 heteroatoms. The van der Waals surface area contributed by atoms with Crippen molar-refractivity contribution in [1.82, 2.24) is 15.0 Å². The van der Waals surface area contributed by atoms with E-state index in [1.165, 1.54) is 20.7 Å². The maximum atomic E-state index is 14.8. The molecule has 1 atom stereocenters. The number of aromatic nitrogens is 3. The van der Waals surface area contributed by atoms with E-state index < -0.39 is 31.2 Å². The second kappa shape index (κ2) is 8.31. The summed E-state index contributed by atoms with van der Waals surface area (Å²) in [7, 11) is -2.74. The minimum absolute atomic E-state index is 0.0804. The molecule has 2 aromatic rings. The third-order valence-corrected chi connectivity index (χ3v) is 7.64. The fourth-order valence-electron chi connectivity index (χ4n) is 3.73. The Morgan fingerprint density at radius 1 is 1.27 bits per heavy atom. The van der Waals surface area contributed by atoms with Crippen LogP contribution in [0.1, 0.15) is 6.92 Å². The second-order valence-corrected chi connectivity index (χ2v) is 9.95. The zero-order valence-corrected chi connectivity index (χ0v) is 17.3. The number of rotatable bonds is 6. The maximum absolute atomic E-state index is 14.8. The van der Waals surface area contributed by atoms with E-state index in [0.29, 0.717) is 13.2 Å². The van der Waals surface area contributed by atoms with E-state index in [1.807, 2.05) is 0 Å². The average Bonchev–Trinajstić information content (AvgIpc) is 3.33. The van der Waals surface area contributed by atoms with Crippen molar-refractivity contribution in [2.75, 3.05) is 48.4 Å². The highest BCUT2D eigenvalue weighted by Crippen LogP contribution is 2.49. The number of amides is 1. The van der Waals surface area contributed by atoms with E-state index >= 15 is 0 Å². The van der Waals surface area contributed by atoms with Crippen LogP contribution >= 0.6 is 7.37 Å². The van der Waals surface area contributed by atoms with Gasteiger partial charge in [0.15, 0.2) is 11.6 Å². The minimum Gasteiger partial charge on any atom is -0.442 e. The summed E-state index contributed by atoms with van der Waals surface area (Å²) < 4.78 is 54.3. The SMILES string of the molecule is CCOP1(=O)CCN(c2c(F)cc(N3C[C@H](Cn4ccnn4)OC3=O)cc2F)CC1. The van der Waals surface area contributed by atoms with Crippen molar-refractivity contribution in [3.8, 4) is 0 Å². The molecule has 1 aromatic carbocycles. The molecule has 4 rings (SSSR count). The Kier molecular flexibility index (Phi) is 5.75. The first kappa shape index (κ1) is 20.7. The number of carbonyl (C=O) groups is 1. The van der Waals surface area contributed by atoms with Crippen molar-refractivity contribution in [2.24, 2.45) is 0 Å². The fraction of sp³-hybridized carbons (Fsp3) is 0.500. The van der Waals surface area contributed by atoms with Crippen LogP contribution in [0.15, 0.2) is 24.5 Å². The molecular weight excluding hydrogens is 419 g/mol. The average molecular weight is 441 g/mol. The molecule has 0 radical (unpaired) electrons. The third-order valence-electron chi connectivity index (χ3n) is 5.15. The van der Waals surface area contributed by atoms with Crippen molar-refractivity contribution in [3.63, 3.8) is 0 Å². The summed E-state index contributed by atoms with van der Waals surface area (Å²) in [6.45, 7) is 3.01. The van der Waals surface area contributed by atoms with Gasteiger partial charge < -0.3 is 14.2 Å². The van der Waals surface area contributed by atoms with Gasteiger partial charge in [0.05, 0.1) is 31.6 Å². The highest BCUT2D eigenvalue weighted by Gasteiger charge is 2.35. The smallest absolute Gasteiger partial charge is 0.414 e. The summed E-state index contributed by atoms with van der Waals surface area (Å²) in [6, 6.07) is 2.24. The fourth-order valence-corrected chi connectivity index (χ4v) is 5.78. The van der Waals surface area contributed by atoms with E-state index in [-0.39, 0.29) is 43.3 Å². The van der Waals surface area contributed by atoms with Crippen LogP contribution in [0.5, 0.6) is 0 Å². The van der Waals surface area contributed by atoms with E-state index in [2.05, 4.69) is 10.3 Å². The van der Waals surface area contributed by atoms with Crippen LogP contribution < -0.4 is 9.80 Å². The molecule has 2 aliphatic rings. The van der Waals surface area contributed by atoms with Crippen molar-refractivity contribution in [2.45, 2.75) is 19.6 Å². The molecule has 2 fully saturated rings. The zero-order valence-electron chi connectivity index (χ0n) is 16.4. The quantitative estimate of drug-likeness (QED) is 0.637. The van der Waals surface area contributed by atoms with Crippen LogP contribution in [0.25, 0.3) is 0 Å². The second-order valence-electron chi connectivity index (χ2n) is 7.17. The van der Waals surface area contributed by atoms with Gasteiger partial charge in [-0.1, -0.05) is 5.21 Å². The molecule has 0 saturated carbocycles. The standard InChI is InChI=1S/C18H22F2N5O4P/c1-2-28-30(27)7-5-23(6-8-30)17-15(19)9-13(10-16(17)20)25-12-14(29-18(25)26)11-24-4-3-21-22-24/h3-4,9-10,14H,2,5-8,11-12H2,1H3/t14-/m0/s1. The lowest BCUT2D eigenvalue weighted by Crippen LogP contribution is -2.36. The largest absolute Gasteiger partial charge is 0.442 e. The summed E-state index contributed by atoms with van der Waals surface area (Å²) in [5.41, 5.74) is -0.106. The Bertz CT molecular complexity index is 938. The molecule has 2 saturated heterocycles. The van der Waals surface area contributed by atoms with Gasteiger partial charge in [-0.15, -0.1) is 5.10 Å². The van der Waals surface area contributed by atoms with Gasteiger partial charge in [-0.2, -0.15) is 0 Å². The molecule has 3 heterocycles. The number of benzene rings is 1. The van der Waals surface area contributed by atoms with Crippen LogP contribution in [-0.2, 0) is 20.4 Å². The zero-order chi connectivity index (χ0) is 21.3. The number of ether oxygens (including phenoxy) is 1. The van der Waals surface area contributed by atoms with Crippen LogP contribution in [0.3, 0.4) is 0 Å². The summed E-state index contributed by atoms with van der Waals surface area (Å²) in [5.74, 6) is -1.57. The van der Waals surface area contributed by atoms with Gasteiger partial charge >= 0.3 is 6.09 Å². The van der Waals surface area contributed by atoms with Gasteiger partial charge in [0.1, 0.15) is 11.8 Å². The third kappa shape index (κ3) is 4.17. The molecule has 1 aromatic heterocycles. The number of halogens is 2. The number of nitrogens with zero attached hydrogens (tertiary/aromatic N) is 5. The van der Waals surface area contributed by atoms with Crippen molar-refractivity contribution >= 4 is 24.8 Å². The number of hydrogen-bond donors (Lipinski definition) is 0. The van der Waals surface area contributed by atoms with Gasteiger partial charge in [0.25, 0.3) is 0 Å². The highest BCUT2D eigenvalue weighted by atomic mass is 31.2. The van der Waals surface area contributed by atoms with Crippen molar-refractivity contribution in [3.05, 3.63) is 36.2 Å². The maximum Gasteiger partial charge on any atom is 0.414 e. The first-order valence-corrected chi connectivity index (χ1v) is 11.7. The number of cyclic esters (lactones) is 1. The van der Waals surface area contributed by atoms with Crippen molar-refractivity contribution < 1.29 is 27.4 Å². The molecule has 162 valence electrons. The summed E-state index contributed by atoms with van der Waals surface area (Å²) in [5, 5.41) is 7.50. The van der Waals surface area contributed by atoms with E-state index in [4.69, 9.17) is 9.26 Å². The van der Waals surface area contributed by atoms with Crippen LogP contribution in [0, 0.1) is 11.6 Å². The number of anilines is 2. The lowest BCUT2D eigenvalue weighted by Gasteiger charge is -2.33. The van der Waals surface area contributed by atoms with Gasteiger partial charge in [-0.05, 0) is 6.92 Å². The van der Waals surface area contributed by atoms with E-state index in [1.54, 1.807) is 13.1 Å². The van der Waals surface area contributed by atoms with E-state index in [0.717, 1.165) is 12.1 Å². The predicted octanol–water partition coefficient (Wildman–Crippen LogP) is 2.72. The van der Waals surface area contributed by atoms with Gasteiger partial charge in [-0.3, -0.25) is 9.46 Å². The molecule has 0 aliphatic carbocycles. The number of carbonyl (C=O) groups excluding carboxylic acids is 1. The van der Waals surface area contributed by atoms with E-state index in [9.17, 15) is 18.1 Å². The molecule has 0 spiro atoms. The lowest BCUT2D eigenvalue weighted by molar-refractivity contribution is 0.129. The Labute approximate surface area is 172 Å². The minimum atomic E-state index is -2.74. The summed E-state index contributed by atoms with van der Waals surface area (Å²) >= 11 is 0. The van der Waals surface area contributed by atoms with Gasteiger partial charge in [0.2, 0.25) is 7.37 Å². The topological polar surface area (TPSA) is 89.8 Å². The molecular formula is C18H22F2N5O4P. The molecule has 1 amide bonds. The Hall–Kier alpha value is -2.52. The Morgan fingerprint density at radius 3 is 2.57 bits per heavy atom. The van der Waals surface area contributed by atoms with Crippen LogP contribution in [-0.4, -0.2) is 65.8 Å². The molecule has 30 heavy (non-hydrogen) atoms. The normalized spacial score (nSPS) is 21.2. The van der Waals surface area contributed by atoms with Crippen molar-refractivity contribution in [1.29, 1.82) is 0 Å². The first-order chi connectivity index (χ1) is 14.4.